The normalized spacial score (nSPS) is 10.5. The average Bonchev–Trinajstić information content (AvgIpc) is 2.79. The number of rotatable bonds is 8. The quantitative estimate of drug-likeness (QED) is 0.358. The van der Waals surface area contributed by atoms with E-state index in [-0.39, 0.29) is 0 Å². The summed E-state index contributed by atoms with van der Waals surface area (Å²) in [4.78, 5) is 24.8. The predicted molar refractivity (Wildman–Crippen MR) is 130 cm³/mol. The molecule has 0 aliphatic carbocycles. The fraction of sp³-hybridized carbons (Fsp3) is 0.167. The molecule has 1 amide bonds. The molecule has 0 unspecified atom stereocenters. The van der Waals surface area contributed by atoms with Crippen molar-refractivity contribution in [1.82, 2.24) is 0 Å². The van der Waals surface area contributed by atoms with Crippen molar-refractivity contribution < 1.29 is 14.3 Å². The van der Waals surface area contributed by atoms with Gasteiger partial charge in [-0.3, -0.25) is 4.79 Å². The fourth-order valence-corrected chi connectivity index (χ4v) is 3.55. The molecule has 0 saturated carbocycles. The molecule has 0 aromatic heterocycles. The topological polar surface area (TPSA) is 67.4 Å². The molecule has 0 aliphatic rings. The molecule has 3 aromatic rings. The Morgan fingerprint density at radius 3 is 2.41 bits per heavy atom. The monoisotopic (exact) mass is 490 g/mol. The smallest absolute Gasteiger partial charge is 0.340 e. The molecule has 0 spiro atoms. The third kappa shape index (κ3) is 6.39. The first-order chi connectivity index (χ1) is 15.3. The number of para-hydroxylation sites is 1. The van der Waals surface area contributed by atoms with E-state index in [1.54, 1.807) is 37.3 Å². The largest absolute Gasteiger partial charge is 0.452 e. The molecule has 0 aliphatic heterocycles. The maximum atomic E-state index is 12.6. The fourth-order valence-electron chi connectivity index (χ4n) is 2.96. The molecule has 0 fully saturated rings. The average molecular weight is 492 g/mol. The number of carbonyl (C=O) groups excluding carboxylic acids is 2. The Bertz CT molecular complexity index is 1120. The standard InChI is InChI=1S/C24H21Cl3N2O3/c1-15-6-11-19(26)23(22(15)27)29-21(30)14-32-24(31)18-4-2-3-5-20(18)28-13-12-16-7-9-17(25)10-8-16/h2-11,28H,12-14H2,1H3,(H,29,30). The van der Waals surface area contributed by atoms with E-state index in [4.69, 9.17) is 39.5 Å². The van der Waals surface area contributed by atoms with Crippen LogP contribution in [0.3, 0.4) is 0 Å². The van der Waals surface area contributed by atoms with Crippen LogP contribution in [0, 0.1) is 6.92 Å². The second kappa shape index (κ2) is 11.2. The maximum Gasteiger partial charge on any atom is 0.340 e. The van der Waals surface area contributed by atoms with Crippen LogP contribution < -0.4 is 10.6 Å². The number of benzene rings is 3. The minimum Gasteiger partial charge on any atom is -0.452 e. The van der Waals surface area contributed by atoms with Crippen molar-refractivity contribution in [2.45, 2.75) is 13.3 Å². The summed E-state index contributed by atoms with van der Waals surface area (Å²) in [5, 5.41) is 7.16. The summed E-state index contributed by atoms with van der Waals surface area (Å²) in [6, 6.07) is 17.9. The predicted octanol–water partition coefficient (Wildman–Crippen LogP) is 6.41. The molecule has 166 valence electrons. The number of esters is 1. The van der Waals surface area contributed by atoms with Crippen molar-refractivity contribution in [2.75, 3.05) is 23.8 Å². The van der Waals surface area contributed by atoms with E-state index in [1.165, 1.54) is 0 Å². The van der Waals surface area contributed by atoms with Crippen molar-refractivity contribution in [3.8, 4) is 0 Å². The lowest BCUT2D eigenvalue weighted by Crippen LogP contribution is -2.22. The zero-order valence-electron chi connectivity index (χ0n) is 17.3. The van der Waals surface area contributed by atoms with Crippen molar-refractivity contribution in [1.29, 1.82) is 0 Å². The van der Waals surface area contributed by atoms with E-state index < -0.39 is 18.5 Å². The van der Waals surface area contributed by atoms with Crippen molar-refractivity contribution in [3.05, 3.63) is 92.4 Å². The molecule has 0 saturated heterocycles. The van der Waals surface area contributed by atoms with Gasteiger partial charge in [0.25, 0.3) is 5.91 Å². The third-order valence-electron chi connectivity index (χ3n) is 4.67. The summed E-state index contributed by atoms with van der Waals surface area (Å²) in [6.07, 6.45) is 0.751. The number of aryl methyl sites for hydroxylation is 1. The van der Waals surface area contributed by atoms with Gasteiger partial charge in [0.05, 0.1) is 21.3 Å². The summed E-state index contributed by atoms with van der Waals surface area (Å²) in [6.45, 7) is 1.93. The second-order valence-corrected chi connectivity index (χ2v) is 8.25. The Morgan fingerprint density at radius 1 is 0.938 bits per heavy atom. The zero-order chi connectivity index (χ0) is 23.1. The van der Waals surface area contributed by atoms with Crippen LogP contribution in [-0.4, -0.2) is 25.0 Å². The lowest BCUT2D eigenvalue weighted by molar-refractivity contribution is -0.119. The molecule has 3 aromatic carbocycles. The van der Waals surface area contributed by atoms with Crippen molar-refractivity contribution >= 4 is 58.1 Å². The Balaban J connectivity index is 1.56. The summed E-state index contributed by atoms with van der Waals surface area (Å²) < 4.78 is 5.20. The van der Waals surface area contributed by atoms with Crippen LogP contribution in [0.2, 0.25) is 15.1 Å². The van der Waals surface area contributed by atoms with E-state index in [1.807, 2.05) is 30.3 Å². The van der Waals surface area contributed by atoms with Gasteiger partial charge in [0.1, 0.15) is 0 Å². The molecule has 0 radical (unpaired) electrons. The second-order valence-electron chi connectivity index (χ2n) is 7.03. The Labute approximate surface area is 201 Å². The summed E-state index contributed by atoms with van der Waals surface area (Å²) in [5.74, 6) is -1.16. The molecule has 0 bridgehead atoms. The van der Waals surface area contributed by atoms with Gasteiger partial charge in [-0.05, 0) is 54.8 Å². The van der Waals surface area contributed by atoms with Gasteiger partial charge in [-0.25, -0.2) is 4.79 Å². The molecule has 0 heterocycles. The Hall–Kier alpha value is -2.73. The van der Waals surface area contributed by atoms with E-state index in [9.17, 15) is 9.59 Å². The van der Waals surface area contributed by atoms with E-state index in [0.717, 1.165) is 17.5 Å². The molecule has 32 heavy (non-hydrogen) atoms. The SMILES string of the molecule is Cc1ccc(Cl)c(NC(=O)COC(=O)c2ccccc2NCCc2ccc(Cl)cc2)c1Cl. The van der Waals surface area contributed by atoms with Crippen LogP contribution in [0.1, 0.15) is 21.5 Å². The lowest BCUT2D eigenvalue weighted by Gasteiger charge is -2.13. The van der Waals surface area contributed by atoms with E-state index in [0.29, 0.717) is 38.6 Å². The first-order valence-electron chi connectivity index (χ1n) is 9.84. The lowest BCUT2D eigenvalue weighted by atomic mass is 10.1. The molecule has 2 N–H and O–H groups in total. The summed E-state index contributed by atoms with van der Waals surface area (Å²) >= 11 is 18.2. The maximum absolute atomic E-state index is 12.6. The number of carbonyl (C=O) groups is 2. The summed E-state index contributed by atoms with van der Waals surface area (Å²) in [7, 11) is 0. The van der Waals surface area contributed by atoms with Crippen LogP contribution in [0.15, 0.2) is 60.7 Å². The van der Waals surface area contributed by atoms with Crippen LogP contribution in [0.25, 0.3) is 0 Å². The van der Waals surface area contributed by atoms with Gasteiger partial charge in [-0.1, -0.05) is 65.1 Å². The number of amides is 1. The van der Waals surface area contributed by atoms with Crippen LogP contribution in [0.5, 0.6) is 0 Å². The molecular weight excluding hydrogens is 471 g/mol. The van der Waals surface area contributed by atoms with Crippen LogP contribution >= 0.6 is 34.8 Å². The molecular formula is C24H21Cl3N2O3. The van der Waals surface area contributed by atoms with Crippen LogP contribution in [0.4, 0.5) is 11.4 Å². The van der Waals surface area contributed by atoms with Crippen molar-refractivity contribution in [2.24, 2.45) is 0 Å². The van der Waals surface area contributed by atoms with Gasteiger partial charge in [-0.2, -0.15) is 0 Å². The number of anilines is 2. The molecule has 3 rings (SSSR count). The molecule has 5 nitrogen and oxygen atoms in total. The first-order valence-corrected chi connectivity index (χ1v) is 11.0. The highest BCUT2D eigenvalue weighted by atomic mass is 35.5. The van der Waals surface area contributed by atoms with E-state index in [2.05, 4.69) is 10.6 Å². The number of hydrogen-bond donors (Lipinski definition) is 2. The van der Waals surface area contributed by atoms with Crippen molar-refractivity contribution in [3.63, 3.8) is 0 Å². The third-order valence-corrected chi connectivity index (χ3v) is 5.73. The van der Waals surface area contributed by atoms with Gasteiger partial charge in [-0.15, -0.1) is 0 Å². The molecule has 8 heteroatoms. The highest BCUT2D eigenvalue weighted by molar-refractivity contribution is 6.40. The minimum absolute atomic E-state index is 0.290. The molecule has 0 atom stereocenters. The number of hydrogen-bond acceptors (Lipinski definition) is 4. The van der Waals surface area contributed by atoms with Gasteiger partial charge in [0.2, 0.25) is 0 Å². The highest BCUT2D eigenvalue weighted by Crippen LogP contribution is 2.32. The minimum atomic E-state index is -0.615. The van der Waals surface area contributed by atoms with Gasteiger partial charge >= 0.3 is 5.97 Å². The number of nitrogens with one attached hydrogen (secondary N) is 2. The van der Waals surface area contributed by atoms with E-state index >= 15 is 0 Å². The van der Waals surface area contributed by atoms with Gasteiger partial charge in [0.15, 0.2) is 6.61 Å². The summed E-state index contributed by atoms with van der Waals surface area (Å²) in [5.41, 5.74) is 3.13. The van der Waals surface area contributed by atoms with Gasteiger partial charge in [0, 0.05) is 17.3 Å². The Morgan fingerprint density at radius 2 is 1.66 bits per heavy atom. The van der Waals surface area contributed by atoms with Crippen LogP contribution in [-0.2, 0) is 16.0 Å². The first kappa shape index (κ1) is 23.9. The zero-order valence-corrected chi connectivity index (χ0v) is 19.5. The number of ether oxygens (including phenoxy) is 1. The highest BCUT2D eigenvalue weighted by Gasteiger charge is 2.16. The Kier molecular flexibility index (Phi) is 8.39. The number of halogens is 3. The van der Waals surface area contributed by atoms with Gasteiger partial charge < -0.3 is 15.4 Å².